The average molecular weight is 427 g/mol. The van der Waals surface area contributed by atoms with Crippen molar-refractivity contribution in [3.8, 4) is 0 Å². The first kappa shape index (κ1) is 20.4. The summed E-state index contributed by atoms with van der Waals surface area (Å²) in [6.07, 6.45) is 1.54. The van der Waals surface area contributed by atoms with E-state index in [0.29, 0.717) is 25.1 Å². The van der Waals surface area contributed by atoms with Crippen LogP contribution in [0, 0.1) is 0 Å². The maximum Gasteiger partial charge on any atom is 0.211 e. The molecule has 3 heterocycles. The Morgan fingerprint density at radius 1 is 1.38 bits per heavy atom. The van der Waals surface area contributed by atoms with Gasteiger partial charge < -0.3 is 9.30 Å². The summed E-state index contributed by atoms with van der Waals surface area (Å²) in [4.78, 5) is 20.2. The van der Waals surface area contributed by atoms with Gasteiger partial charge in [0.25, 0.3) is 0 Å². The van der Waals surface area contributed by atoms with Gasteiger partial charge in [-0.3, -0.25) is 4.79 Å². The lowest BCUT2D eigenvalue weighted by Crippen LogP contribution is -2.37. The Morgan fingerprint density at radius 3 is 2.83 bits per heavy atom. The molecule has 0 N–H and O–H groups in total. The third-order valence-electron chi connectivity index (χ3n) is 5.41. The highest BCUT2D eigenvalue weighted by Crippen LogP contribution is 2.35. The number of hydrogen-bond acceptors (Lipinski definition) is 5. The predicted molar refractivity (Wildman–Crippen MR) is 122 cm³/mol. The van der Waals surface area contributed by atoms with Gasteiger partial charge in [-0.15, -0.1) is 11.3 Å². The van der Waals surface area contributed by atoms with Crippen molar-refractivity contribution in [3.05, 3.63) is 68.7 Å². The van der Waals surface area contributed by atoms with E-state index in [1.165, 1.54) is 5.56 Å². The highest BCUT2D eigenvalue weighted by Gasteiger charge is 2.33. The summed E-state index contributed by atoms with van der Waals surface area (Å²) in [5.74, 6) is 0.785. The van der Waals surface area contributed by atoms with E-state index in [-0.39, 0.29) is 11.0 Å². The molecule has 0 spiro atoms. The number of thioether (sulfide) groups is 1. The standard InChI is InChI=1S/C23H26N2O2S2/c1-5-23(4)11-17-18(13-27-23)29-21-19(20(17)26)24-22(28-14-15(2)3)25(21)12-16-9-7-6-8-10-16/h6-10H,2,5,11-14H2,1,3-4H3. The summed E-state index contributed by atoms with van der Waals surface area (Å²) in [7, 11) is 0. The van der Waals surface area contributed by atoms with Crippen molar-refractivity contribution in [3.63, 3.8) is 0 Å². The number of hydrogen-bond donors (Lipinski definition) is 0. The van der Waals surface area contributed by atoms with E-state index < -0.39 is 0 Å². The van der Waals surface area contributed by atoms with Crippen LogP contribution >= 0.6 is 23.1 Å². The van der Waals surface area contributed by atoms with Crippen molar-refractivity contribution < 1.29 is 4.74 Å². The van der Waals surface area contributed by atoms with Crippen molar-refractivity contribution in [2.24, 2.45) is 0 Å². The van der Waals surface area contributed by atoms with Gasteiger partial charge in [0, 0.05) is 22.6 Å². The zero-order valence-corrected chi connectivity index (χ0v) is 18.8. The zero-order chi connectivity index (χ0) is 20.6. The molecule has 1 unspecified atom stereocenters. The molecule has 0 saturated heterocycles. The molecular weight excluding hydrogens is 400 g/mol. The molecule has 0 saturated carbocycles. The molecule has 0 fully saturated rings. The predicted octanol–water partition coefficient (Wildman–Crippen LogP) is 5.42. The average Bonchev–Trinajstić information content (AvgIpc) is 3.06. The second-order valence-electron chi connectivity index (χ2n) is 7.97. The summed E-state index contributed by atoms with van der Waals surface area (Å²) in [6.45, 7) is 11.4. The van der Waals surface area contributed by atoms with Crippen molar-refractivity contribution >= 4 is 33.4 Å². The van der Waals surface area contributed by atoms with Gasteiger partial charge in [0.2, 0.25) is 5.43 Å². The van der Waals surface area contributed by atoms with Gasteiger partial charge in [0.1, 0.15) is 10.3 Å². The lowest BCUT2D eigenvalue weighted by Gasteiger charge is -2.33. The second kappa shape index (κ2) is 8.09. The van der Waals surface area contributed by atoms with E-state index >= 15 is 0 Å². The van der Waals surface area contributed by atoms with E-state index in [0.717, 1.165) is 38.2 Å². The fraction of sp³-hybridized carbons (Fsp3) is 0.391. The molecule has 3 aromatic rings. The molecule has 1 atom stereocenters. The highest BCUT2D eigenvalue weighted by atomic mass is 32.2. The Labute approximate surface area is 179 Å². The van der Waals surface area contributed by atoms with Gasteiger partial charge in [-0.1, -0.05) is 61.2 Å². The molecular formula is C23H26N2O2S2. The van der Waals surface area contributed by atoms with E-state index in [4.69, 9.17) is 9.72 Å². The maximum atomic E-state index is 13.4. The summed E-state index contributed by atoms with van der Waals surface area (Å²) < 4.78 is 8.29. The van der Waals surface area contributed by atoms with E-state index in [2.05, 4.69) is 37.1 Å². The Bertz CT molecular complexity index is 1120. The number of imidazole rings is 1. The molecule has 1 aliphatic heterocycles. The number of rotatable bonds is 6. The molecule has 152 valence electrons. The van der Waals surface area contributed by atoms with E-state index in [1.807, 2.05) is 25.1 Å². The molecule has 29 heavy (non-hydrogen) atoms. The summed E-state index contributed by atoms with van der Waals surface area (Å²) in [6, 6.07) is 10.3. The summed E-state index contributed by atoms with van der Waals surface area (Å²) in [5.41, 5.74) is 3.56. The second-order valence-corrected chi connectivity index (χ2v) is 9.99. The quantitative estimate of drug-likeness (QED) is 0.390. The van der Waals surface area contributed by atoms with Gasteiger partial charge in [-0.05, 0) is 25.8 Å². The van der Waals surface area contributed by atoms with E-state index in [1.54, 1.807) is 23.1 Å². The van der Waals surface area contributed by atoms with Crippen LogP contribution in [0.2, 0.25) is 0 Å². The largest absolute Gasteiger partial charge is 0.369 e. The minimum atomic E-state index is -0.267. The lowest BCUT2D eigenvalue weighted by molar-refractivity contribution is -0.0550. The molecule has 1 aromatic carbocycles. The number of ether oxygens (including phenoxy) is 1. The van der Waals surface area contributed by atoms with Gasteiger partial charge in [-0.2, -0.15) is 0 Å². The molecule has 6 heteroatoms. The first-order valence-electron chi connectivity index (χ1n) is 9.90. The van der Waals surface area contributed by atoms with Crippen LogP contribution in [0.5, 0.6) is 0 Å². The van der Waals surface area contributed by atoms with Crippen molar-refractivity contribution in [1.82, 2.24) is 9.55 Å². The van der Waals surface area contributed by atoms with Crippen molar-refractivity contribution in [1.29, 1.82) is 0 Å². The molecule has 0 amide bonds. The number of benzene rings is 1. The molecule has 1 aliphatic rings. The van der Waals surface area contributed by atoms with Crippen molar-refractivity contribution in [2.45, 2.75) is 57.5 Å². The minimum absolute atomic E-state index is 0.0701. The first-order valence-corrected chi connectivity index (χ1v) is 11.7. The van der Waals surface area contributed by atoms with Crippen LogP contribution < -0.4 is 5.43 Å². The smallest absolute Gasteiger partial charge is 0.211 e. The third kappa shape index (κ3) is 4.06. The molecule has 4 rings (SSSR count). The molecule has 2 aromatic heterocycles. The Hall–Kier alpha value is -1.89. The third-order valence-corrected chi connectivity index (χ3v) is 7.84. The zero-order valence-electron chi connectivity index (χ0n) is 17.2. The van der Waals surface area contributed by atoms with Crippen LogP contribution in [-0.4, -0.2) is 20.9 Å². The van der Waals surface area contributed by atoms with Crippen molar-refractivity contribution in [2.75, 3.05) is 5.75 Å². The van der Waals surface area contributed by atoms with Crippen LogP contribution in [0.4, 0.5) is 0 Å². The Kier molecular flexibility index (Phi) is 5.69. The van der Waals surface area contributed by atoms with Crippen LogP contribution in [0.25, 0.3) is 10.3 Å². The topological polar surface area (TPSA) is 44.1 Å². The van der Waals surface area contributed by atoms with Crippen LogP contribution in [0.15, 0.2) is 52.4 Å². The molecule has 0 radical (unpaired) electrons. The van der Waals surface area contributed by atoms with Crippen LogP contribution in [-0.2, 0) is 24.3 Å². The number of fused-ring (bicyclic) bond motifs is 2. The first-order chi connectivity index (χ1) is 13.9. The Morgan fingerprint density at radius 2 is 2.14 bits per heavy atom. The SMILES string of the molecule is C=C(C)CSc1nc2c(=O)c3c(sc2n1Cc1ccccc1)COC(C)(CC)C3. The van der Waals surface area contributed by atoms with Gasteiger partial charge in [0.15, 0.2) is 5.16 Å². The summed E-state index contributed by atoms with van der Waals surface area (Å²) >= 11 is 3.30. The van der Waals surface area contributed by atoms with Crippen LogP contribution in [0.3, 0.4) is 0 Å². The van der Waals surface area contributed by atoms with Crippen LogP contribution in [0.1, 0.15) is 43.2 Å². The fourth-order valence-electron chi connectivity index (χ4n) is 3.51. The van der Waals surface area contributed by atoms with Gasteiger partial charge in [-0.25, -0.2) is 4.98 Å². The number of nitrogens with zero attached hydrogens (tertiary/aromatic N) is 2. The van der Waals surface area contributed by atoms with E-state index in [9.17, 15) is 4.79 Å². The van der Waals surface area contributed by atoms with Gasteiger partial charge in [0.05, 0.1) is 18.8 Å². The lowest BCUT2D eigenvalue weighted by atomic mass is 9.91. The fourth-order valence-corrected chi connectivity index (χ4v) is 5.54. The Balaban J connectivity index is 1.85. The van der Waals surface area contributed by atoms with Gasteiger partial charge >= 0.3 is 0 Å². The normalized spacial score (nSPS) is 18.7. The molecule has 0 bridgehead atoms. The summed E-state index contributed by atoms with van der Waals surface area (Å²) in [5, 5.41) is 0.877. The highest BCUT2D eigenvalue weighted by molar-refractivity contribution is 7.99. The molecule has 0 aliphatic carbocycles. The monoisotopic (exact) mass is 426 g/mol. The minimum Gasteiger partial charge on any atom is -0.369 e. The molecule has 4 nitrogen and oxygen atoms in total. The number of aromatic nitrogens is 2. The maximum absolute atomic E-state index is 13.4.